The average molecular weight is 209 g/mol. The summed E-state index contributed by atoms with van der Waals surface area (Å²) in [6, 6.07) is 0. The second-order valence-electron chi connectivity index (χ2n) is 5.15. The van der Waals surface area contributed by atoms with Gasteiger partial charge in [0.15, 0.2) is 0 Å². The van der Waals surface area contributed by atoms with Crippen molar-refractivity contribution in [2.24, 2.45) is 5.92 Å². The molecule has 1 amide bonds. The molecule has 2 heteroatoms. The predicted octanol–water partition coefficient (Wildman–Crippen LogP) is 2.97. The van der Waals surface area contributed by atoms with E-state index in [-0.39, 0.29) is 0 Å². The monoisotopic (exact) mass is 209 g/mol. The van der Waals surface area contributed by atoms with Crippen LogP contribution in [-0.4, -0.2) is 23.9 Å². The summed E-state index contributed by atoms with van der Waals surface area (Å²) in [6.07, 6.45) is 11.3. The van der Waals surface area contributed by atoms with Gasteiger partial charge < -0.3 is 4.90 Å². The highest BCUT2D eigenvalue weighted by Gasteiger charge is 2.22. The Labute approximate surface area is 93.0 Å². The molecule has 2 rings (SSSR count). The third-order valence-electron chi connectivity index (χ3n) is 3.90. The van der Waals surface area contributed by atoms with Gasteiger partial charge in [0.25, 0.3) is 0 Å². The molecule has 0 aromatic heterocycles. The Hall–Kier alpha value is -0.530. The van der Waals surface area contributed by atoms with Gasteiger partial charge in [-0.1, -0.05) is 25.7 Å². The van der Waals surface area contributed by atoms with Crippen LogP contribution in [0.3, 0.4) is 0 Å². The fraction of sp³-hybridized carbons (Fsp3) is 0.923. The summed E-state index contributed by atoms with van der Waals surface area (Å²) in [5, 5.41) is 0. The highest BCUT2D eigenvalue weighted by molar-refractivity contribution is 5.76. The molecule has 86 valence electrons. The molecule has 1 aliphatic carbocycles. The summed E-state index contributed by atoms with van der Waals surface area (Å²) in [7, 11) is 0. The lowest BCUT2D eigenvalue weighted by Gasteiger charge is -2.19. The lowest BCUT2D eigenvalue weighted by Crippen LogP contribution is -2.29. The Morgan fingerprint density at radius 3 is 2.13 bits per heavy atom. The van der Waals surface area contributed by atoms with Crippen LogP contribution in [0.5, 0.6) is 0 Å². The van der Waals surface area contributed by atoms with E-state index in [1.54, 1.807) is 0 Å². The van der Waals surface area contributed by atoms with Gasteiger partial charge in [0.1, 0.15) is 0 Å². The van der Waals surface area contributed by atoms with Crippen molar-refractivity contribution in [3.63, 3.8) is 0 Å². The minimum atomic E-state index is 0.430. The van der Waals surface area contributed by atoms with Crippen LogP contribution >= 0.6 is 0 Å². The third kappa shape index (κ3) is 3.22. The van der Waals surface area contributed by atoms with Crippen molar-refractivity contribution in [2.75, 3.05) is 13.1 Å². The van der Waals surface area contributed by atoms with E-state index in [1.807, 2.05) is 0 Å². The van der Waals surface area contributed by atoms with Gasteiger partial charge in [0.05, 0.1) is 0 Å². The molecule has 0 unspecified atom stereocenters. The highest BCUT2D eigenvalue weighted by Crippen LogP contribution is 2.26. The topological polar surface area (TPSA) is 20.3 Å². The molecule has 0 aromatic carbocycles. The van der Waals surface area contributed by atoms with Gasteiger partial charge in [0, 0.05) is 19.5 Å². The second kappa shape index (κ2) is 5.53. The van der Waals surface area contributed by atoms with Crippen LogP contribution in [-0.2, 0) is 4.79 Å². The molecule has 0 N–H and O–H groups in total. The molecule has 1 heterocycles. The van der Waals surface area contributed by atoms with Crippen molar-refractivity contribution < 1.29 is 4.79 Å². The SMILES string of the molecule is O=C(CC1CCCCCC1)N1CCCC1. The molecule has 2 nitrogen and oxygen atoms in total. The lowest BCUT2D eigenvalue weighted by atomic mass is 9.96. The quantitative estimate of drug-likeness (QED) is 0.640. The molecule has 1 aliphatic heterocycles. The largest absolute Gasteiger partial charge is 0.343 e. The number of carbonyl (C=O) groups excluding carboxylic acids is 1. The zero-order valence-electron chi connectivity index (χ0n) is 9.71. The van der Waals surface area contributed by atoms with Crippen LogP contribution in [0, 0.1) is 5.92 Å². The zero-order chi connectivity index (χ0) is 10.5. The normalized spacial score (nSPS) is 24.1. The number of hydrogen-bond donors (Lipinski definition) is 0. The van der Waals surface area contributed by atoms with Gasteiger partial charge in [-0.05, 0) is 31.6 Å². The Balaban J connectivity index is 1.76. The van der Waals surface area contributed by atoms with Gasteiger partial charge in [0.2, 0.25) is 5.91 Å². The summed E-state index contributed by atoms with van der Waals surface area (Å²) in [4.78, 5) is 14.0. The summed E-state index contributed by atoms with van der Waals surface area (Å²) >= 11 is 0. The highest BCUT2D eigenvalue weighted by atomic mass is 16.2. The van der Waals surface area contributed by atoms with Crippen molar-refractivity contribution in [3.8, 4) is 0 Å². The van der Waals surface area contributed by atoms with Gasteiger partial charge in [-0.15, -0.1) is 0 Å². The average Bonchev–Trinajstić information content (AvgIpc) is 2.65. The molecule has 0 bridgehead atoms. The van der Waals surface area contributed by atoms with Crippen molar-refractivity contribution in [1.29, 1.82) is 0 Å². The van der Waals surface area contributed by atoms with Crippen molar-refractivity contribution in [3.05, 3.63) is 0 Å². The maximum atomic E-state index is 12.0. The maximum absolute atomic E-state index is 12.0. The first kappa shape index (κ1) is 11.0. The Morgan fingerprint density at radius 2 is 1.53 bits per heavy atom. The fourth-order valence-corrected chi connectivity index (χ4v) is 2.91. The smallest absolute Gasteiger partial charge is 0.222 e. The Bertz CT molecular complexity index is 201. The third-order valence-corrected chi connectivity index (χ3v) is 3.90. The molecule has 15 heavy (non-hydrogen) atoms. The van der Waals surface area contributed by atoms with E-state index in [4.69, 9.17) is 0 Å². The summed E-state index contributed by atoms with van der Waals surface area (Å²) < 4.78 is 0. The summed E-state index contributed by atoms with van der Waals surface area (Å²) in [5.41, 5.74) is 0. The van der Waals surface area contributed by atoms with E-state index >= 15 is 0 Å². The van der Waals surface area contributed by atoms with Crippen molar-refractivity contribution in [2.45, 2.75) is 57.8 Å². The van der Waals surface area contributed by atoms with Gasteiger partial charge >= 0.3 is 0 Å². The molecule has 0 atom stereocenters. The molecular weight excluding hydrogens is 186 g/mol. The molecule has 1 saturated carbocycles. The van der Waals surface area contributed by atoms with Crippen LogP contribution in [0.4, 0.5) is 0 Å². The molecule has 1 saturated heterocycles. The first-order valence-corrected chi connectivity index (χ1v) is 6.64. The van der Waals surface area contributed by atoms with Gasteiger partial charge in [-0.25, -0.2) is 0 Å². The zero-order valence-corrected chi connectivity index (χ0v) is 9.71. The number of amides is 1. The first-order valence-electron chi connectivity index (χ1n) is 6.64. The maximum Gasteiger partial charge on any atom is 0.222 e. The Morgan fingerprint density at radius 1 is 0.933 bits per heavy atom. The minimum absolute atomic E-state index is 0.430. The Kier molecular flexibility index (Phi) is 4.04. The van der Waals surface area contributed by atoms with E-state index in [9.17, 15) is 4.79 Å². The fourth-order valence-electron chi connectivity index (χ4n) is 2.91. The number of hydrogen-bond acceptors (Lipinski definition) is 1. The number of nitrogens with zero attached hydrogens (tertiary/aromatic N) is 1. The molecule has 2 fully saturated rings. The van der Waals surface area contributed by atoms with Crippen LogP contribution in [0.25, 0.3) is 0 Å². The molecule has 0 spiro atoms. The molecular formula is C13H23NO. The van der Waals surface area contributed by atoms with Crippen LogP contribution in [0.15, 0.2) is 0 Å². The molecule has 0 aromatic rings. The predicted molar refractivity (Wildman–Crippen MR) is 61.6 cm³/mol. The number of likely N-dealkylation sites (tertiary alicyclic amines) is 1. The second-order valence-corrected chi connectivity index (χ2v) is 5.15. The van der Waals surface area contributed by atoms with Crippen molar-refractivity contribution in [1.82, 2.24) is 4.90 Å². The van der Waals surface area contributed by atoms with E-state index in [0.29, 0.717) is 11.8 Å². The van der Waals surface area contributed by atoms with Crippen LogP contribution in [0.2, 0.25) is 0 Å². The molecule has 2 aliphatic rings. The number of carbonyl (C=O) groups is 1. The van der Waals surface area contributed by atoms with Crippen LogP contribution < -0.4 is 0 Å². The first-order chi connectivity index (χ1) is 7.36. The minimum Gasteiger partial charge on any atom is -0.343 e. The number of rotatable bonds is 2. The lowest BCUT2D eigenvalue weighted by molar-refractivity contribution is -0.131. The summed E-state index contributed by atoms with van der Waals surface area (Å²) in [6.45, 7) is 2.04. The van der Waals surface area contributed by atoms with Crippen molar-refractivity contribution >= 4 is 5.91 Å². The summed E-state index contributed by atoms with van der Waals surface area (Å²) in [5.74, 6) is 1.12. The molecule has 0 radical (unpaired) electrons. The van der Waals surface area contributed by atoms with Gasteiger partial charge in [-0.2, -0.15) is 0 Å². The van der Waals surface area contributed by atoms with E-state index in [1.165, 1.54) is 51.4 Å². The standard InChI is InChI=1S/C13H23NO/c15-13(14-9-5-6-10-14)11-12-7-3-1-2-4-8-12/h12H,1-11H2. The van der Waals surface area contributed by atoms with E-state index < -0.39 is 0 Å². The van der Waals surface area contributed by atoms with Crippen LogP contribution in [0.1, 0.15) is 57.8 Å². The van der Waals surface area contributed by atoms with Gasteiger partial charge in [-0.3, -0.25) is 4.79 Å². The van der Waals surface area contributed by atoms with E-state index in [2.05, 4.69) is 4.90 Å². The van der Waals surface area contributed by atoms with E-state index in [0.717, 1.165) is 19.5 Å².